The van der Waals surface area contributed by atoms with Crippen LogP contribution in [0.5, 0.6) is 0 Å². The van der Waals surface area contributed by atoms with Crippen LogP contribution in [0.2, 0.25) is 5.02 Å². The molecule has 3 amide bonds. The van der Waals surface area contributed by atoms with Crippen LogP contribution in [0.15, 0.2) is 54.6 Å². The fourth-order valence-corrected chi connectivity index (χ4v) is 6.82. The number of carbonyl (C=O) groups excluding carboxylic acids is 3. The monoisotopic (exact) mass is 539 g/mol. The number of ether oxygens (including phenoxy) is 1. The lowest BCUT2D eigenvalue weighted by Gasteiger charge is -2.34. The fourth-order valence-electron chi connectivity index (χ4n) is 6.69. The lowest BCUT2D eigenvalue weighted by atomic mass is 9.65. The average Bonchev–Trinajstić information content (AvgIpc) is 3.53. The van der Waals surface area contributed by atoms with Gasteiger partial charge in [0.05, 0.1) is 17.4 Å². The third-order valence-electron chi connectivity index (χ3n) is 8.44. The van der Waals surface area contributed by atoms with Gasteiger partial charge in [0.25, 0.3) is 0 Å². The van der Waals surface area contributed by atoms with Crippen molar-refractivity contribution in [2.45, 2.75) is 62.8 Å². The molecular formula is C29H34ClN3O5. The summed E-state index contributed by atoms with van der Waals surface area (Å²) in [6.07, 6.45) is 2.74. The maximum atomic E-state index is 14.0. The summed E-state index contributed by atoms with van der Waals surface area (Å²) in [5, 5.41) is 15.9. The van der Waals surface area contributed by atoms with E-state index in [9.17, 15) is 19.5 Å². The molecular weight excluding hydrogens is 506 g/mol. The molecule has 3 aliphatic rings. The number of fused-ring (bicyclic) bond motifs is 1. The molecule has 2 aromatic carbocycles. The third kappa shape index (κ3) is 4.48. The van der Waals surface area contributed by atoms with Crippen molar-refractivity contribution in [3.63, 3.8) is 0 Å². The van der Waals surface area contributed by atoms with Gasteiger partial charge >= 0.3 is 0 Å². The van der Waals surface area contributed by atoms with Gasteiger partial charge in [0.15, 0.2) is 0 Å². The highest BCUT2D eigenvalue weighted by molar-refractivity contribution is 6.30. The molecule has 0 aromatic heterocycles. The van der Waals surface area contributed by atoms with Gasteiger partial charge in [0, 0.05) is 30.4 Å². The summed E-state index contributed by atoms with van der Waals surface area (Å²) in [5.41, 5.74) is -0.347. The van der Waals surface area contributed by atoms with E-state index >= 15 is 0 Å². The first-order valence-electron chi connectivity index (χ1n) is 13.3. The molecule has 2 unspecified atom stereocenters. The van der Waals surface area contributed by atoms with E-state index in [4.69, 9.17) is 16.3 Å². The van der Waals surface area contributed by atoms with Crippen LogP contribution < -0.4 is 10.6 Å². The molecule has 8 nitrogen and oxygen atoms in total. The Morgan fingerprint density at radius 3 is 2.50 bits per heavy atom. The Morgan fingerprint density at radius 2 is 1.82 bits per heavy atom. The zero-order chi connectivity index (χ0) is 26.9. The van der Waals surface area contributed by atoms with Crippen molar-refractivity contribution in [1.82, 2.24) is 10.2 Å². The van der Waals surface area contributed by atoms with Crippen molar-refractivity contribution in [2.24, 2.45) is 11.8 Å². The van der Waals surface area contributed by atoms with Crippen molar-refractivity contribution in [3.05, 3.63) is 65.2 Å². The molecule has 0 saturated carbocycles. The largest absolute Gasteiger partial charge is 0.396 e. The molecule has 2 bridgehead atoms. The number of hydrogen-bond donors (Lipinski definition) is 3. The number of amides is 3. The number of halogens is 1. The molecule has 1 spiro atoms. The second kappa shape index (κ2) is 10.7. The number of hydrogen-bond acceptors (Lipinski definition) is 5. The summed E-state index contributed by atoms with van der Waals surface area (Å²) >= 11 is 6.01. The van der Waals surface area contributed by atoms with E-state index in [1.54, 1.807) is 29.2 Å². The van der Waals surface area contributed by atoms with Crippen LogP contribution in [0.25, 0.3) is 0 Å². The number of anilines is 1. The van der Waals surface area contributed by atoms with E-state index in [-0.39, 0.29) is 24.3 Å². The van der Waals surface area contributed by atoms with Gasteiger partial charge in [0.2, 0.25) is 17.7 Å². The number of likely N-dealkylation sites (tertiary alicyclic amines) is 1. The van der Waals surface area contributed by atoms with E-state index in [2.05, 4.69) is 10.6 Å². The van der Waals surface area contributed by atoms with Crippen molar-refractivity contribution < 1.29 is 24.2 Å². The predicted octanol–water partition coefficient (Wildman–Crippen LogP) is 3.52. The zero-order valence-electron chi connectivity index (χ0n) is 21.5. The number of rotatable bonds is 10. The van der Waals surface area contributed by atoms with E-state index in [1.807, 2.05) is 37.3 Å². The Labute approximate surface area is 227 Å². The number of nitrogens with one attached hydrogen (secondary N) is 2. The van der Waals surface area contributed by atoms with E-state index in [0.717, 1.165) is 5.56 Å². The second-order valence-corrected chi connectivity index (χ2v) is 10.9. The lowest BCUT2D eigenvalue weighted by molar-refractivity contribution is -0.146. The molecule has 3 fully saturated rings. The first kappa shape index (κ1) is 26.7. The number of unbranched alkanes of at least 4 members (excludes halogenated alkanes) is 1. The summed E-state index contributed by atoms with van der Waals surface area (Å²) in [6.45, 7) is 2.63. The molecule has 3 N–H and O–H groups in total. The molecule has 3 heterocycles. The van der Waals surface area contributed by atoms with E-state index in [1.165, 1.54) is 0 Å². The van der Waals surface area contributed by atoms with Gasteiger partial charge in [-0.15, -0.1) is 0 Å². The maximum Gasteiger partial charge on any atom is 0.250 e. The van der Waals surface area contributed by atoms with Gasteiger partial charge in [-0.2, -0.15) is 0 Å². The van der Waals surface area contributed by atoms with Crippen molar-refractivity contribution in [3.8, 4) is 0 Å². The van der Waals surface area contributed by atoms with Crippen molar-refractivity contribution in [1.29, 1.82) is 0 Å². The first-order chi connectivity index (χ1) is 18.3. The van der Waals surface area contributed by atoms with Crippen LogP contribution in [-0.4, -0.2) is 58.1 Å². The van der Waals surface area contributed by atoms with Crippen LogP contribution in [0.3, 0.4) is 0 Å². The number of nitrogens with zero attached hydrogens (tertiary/aromatic N) is 1. The van der Waals surface area contributed by atoms with Gasteiger partial charge < -0.3 is 25.4 Å². The molecule has 5 atom stereocenters. The van der Waals surface area contributed by atoms with Gasteiger partial charge in [-0.1, -0.05) is 48.9 Å². The molecule has 3 aliphatic heterocycles. The summed E-state index contributed by atoms with van der Waals surface area (Å²) in [7, 11) is 0. The van der Waals surface area contributed by atoms with Crippen LogP contribution in [0.4, 0.5) is 5.69 Å². The zero-order valence-corrected chi connectivity index (χ0v) is 22.2. The minimum absolute atomic E-state index is 0.00178. The summed E-state index contributed by atoms with van der Waals surface area (Å²) in [5.74, 6) is -2.23. The first-order valence-corrected chi connectivity index (χ1v) is 13.7. The lowest BCUT2D eigenvalue weighted by Crippen LogP contribution is -2.53. The standard InChI is InChI=1S/C29H34ClN3O5/c1-2-28-14-15-29(38-28)23(22(28)25(35)31-18-19-8-4-3-5-9-19)27(37)33(16-6-7-17-34)24(29)26(36)32-21-12-10-20(30)11-13-21/h3-5,8-13,22-24,34H,2,6-7,14-18H2,1H3,(H,31,35)(H,32,36)/t22-,23-,24?,28+,29?/m0/s1. The van der Waals surface area contributed by atoms with Crippen LogP contribution >= 0.6 is 11.6 Å². The number of benzene rings is 2. The highest BCUT2D eigenvalue weighted by atomic mass is 35.5. The summed E-state index contributed by atoms with van der Waals surface area (Å²) in [4.78, 5) is 43.1. The number of aliphatic hydroxyl groups excluding tert-OH is 1. The van der Waals surface area contributed by atoms with Crippen molar-refractivity contribution >= 4 is 35.0 Å². The Bertz CT molecular complexity index is 1190. The smallest absolute Gasteiger partial charge is 0.250 e. The van der Waals surface area contributed by atoms with Gasteiger partial charge in [-0.25, -0.2) is 0 Å². The van der Waals surface area contributed by atoms with Gasteiger partial charge in [-0.05, 0) is 61.9 Å². The van der Waals surface area contributed by atoms with Crippen LogP contribution in [0, 0.1) is 11.8 Å². The van der Waals surface area contributed by atoms with Crippen LogP contribution in [-0.2, 0) is 25.7 Å². The minimum Gasteiger partial charge on any atom is -0.396 e. The molecule has 5 rings (SSSR count). The SMILES string of the molecule is CC[C@]12CCC3(O1)C(C(=O)Nc1ccc(Cl)cc1)N(CCCCO)C(=O)[C@@H]3[C@H]2C(=O)NCc1ccccc1. The normalized spacial score (nSPS) is 29.4. The minimum atomic E-state index is -1.09. The maximum absolute atomic E-state index is 14.0. The Morgan fingerprint density at radius 1 is 1.08 bits per heavy atom. The number of carbonyl (C=O) groups is 3. The van der Waals surface area contributed by atoms with Crippen LogP contribution in [0.1, 0.15) is 44.6 Å². The van der Waals surface area contributed by atoms with Gasteiger partial charge in [0.1, 0.15) is 11.6 Å². The molecule has 2 aromatic rings. The van der Waals surface area contributed by atoms with Crippen molar-refractivity contribution in [2.75, 3.05) is 18.5 Å². The summed E-state index contributed by atoms with van der Waals surface area (Å²) < 4.78 is 6.75. The molecule has 38 heavy (non-hydrogen) atoms. The summed E-state index contributed by atoms with van der Waals surface area (Å²) in [6, 6.07) is 15.5. The quantitative estimate of drug-likeness (QED) is 0.400. The van der Waals surface area contributed by atoms with E-state index < -0.39 is 29.1 Å². The Hall–Kier alpha value is -2.94. The second-order valence-electron chi connectivity index (χ2n) is 10.5. The number of aliphatic hydroxyl groups is 1. The molecule has 202 valence electrons. The molecule has 9 heteroatoms. The van der Waals surface area contributed by atoms with E-state index in [0.29, 0.717) is 55.9 Å². The average molecular weight is 540 g/mol. The molecule has 3 saturated heterocycles. The highest BCUT2D eigenvalue weighted by Gasteiger charge is 2.78. The highest BCUT2D eigenvalue weighted by Crippen LogP contribution is 2.64. The predicted molar refractivity (Wildman–Crippen MR) is 143 cm³/mol. The Balaban J connectivity index is 1.46. The third-order valence-corrected chi connectivity index (χ3v) is 8.69. The molecule has 0 radical (unpaired) electrons. The fraction of sp³-hybridized carbons (Fsp3) is 0.483. The topological polar surface area (TPSA) is 108 Å². The van der Waals surface area contributed by atoms with Gasteiger partial charge in [-0.3, -0.25) is 14.4 Å². The molecule has 0 aliphatic carbocycles. The Kier molecular flexibility index (Phi) is 7.49.